The van der Waals surface area contributed by atoms with Gasteiger partial charge in [0.05, 0.1) is 11.6 Å². The van der Waals surface area contributed by atoms with Crippen LogP contribution in [0.2, 0.25) is 0 Å². The Morgan fingerprint density at radius 3 is 3.00 bits per heavy atom. The number of nitrogens with one attached hydrogen (secondary N) is 2. The Balaban J connectivity index is 1.60. The number of aliphatic imine (C=N–C) groups is 2. The van der Waals surface area contributed by atoms with Gasteiger partial charge >= 0.3 is 0 Å². The molecule has 0 saturated carbocycles. The molecule has 9 heteroatoms. The fourth-order valence-electron chi connectivity index (χ4n) is 2.40. The molecule has 3 heterocycles. The Bertz CT molecular complexity index is 811. The number of thiazole rings is 1. The van der Waals surface area contributed by atoms with Crippen molar-refractivity contribution in [2.24, 2.45) is 9.98 Å². The third kappa shape index (κ3) is 5.61. The molecular formula is C18H23N7S2. The van der Waals surface area contributed by atoms with Gasteiger partial charge in [0.2, 0.25) is 0 Å². The molecular weight excluding hydrogens is 378 g/mol. The van der Waals surface area contributed by atoms with Crippen molar-refractivity contribution in [2.45, 2.75) is 26.2 Å². The largest absolute Gasteiger partial charge is 0.356 e. The Kier molecular flexibility index (Phi) is 7.35. The van der Waals surface area contributed by atoms with Gasteiger partial charge in [-0.2, -0.15) is 0 Å². The Morgan fingerprint density at radius 1 is 1.44 bits per heavy atom. The minimum Gasteiger partial charge on any atom is -0.356 e. The van der Waals surface area contributed by atoms with E-state index in [1.807, 2.05) is 23.2 Å². The van der Waals surface area contributed by atoms with Crippen molar-refractivity contribution < 1.29 is 0 Å². The van der Waals surface area contributed by atoms with Gasteiger partial charge in [0.1, 0.15) is 16.5 Å². The number of guanidine groups is 1. The van der Waals surface area contributed by atoms with E-state index >= 15 is 0 Å². The molecule has 2 aromatic heterocycles. The van der Waals surface area contributed by atoms with Gasteiger partial charge in [-0.15, -0.1) is 23.1 Å². The summed E-state index contributed by atoms with van der Waals surface area (Å²) in [6.45, 7) is 7.63. The van der Waals surface area contributed by atoms with Gasteiger partial charge in [-0.1, -0.05) is 6.92 Å². The molecule has 0 amide bonds. The van der Waals surface area contributed by atoms with Crippen molar-refractivity contribution in [1.29, 1.82) is 0 Å². The molecule has 142 valence electrons. The van der Waals surface area contributed by atoms with Gasteiger partial charge in [0.15, 0.2) is 5.96 Å². The molecule has 0 aromatic carbocycles. The van der Waals surface area contributed by atoms with Gasteiger partial charge in [0, 0.05) is 48.3 Å². The quantitative estimate of drug-likeness (QED) is 0.401. The molecule has 7 nitrogen and oxygen atoms in total. The Labute approximate surface area is 167 Å². The lowest BCUT2D eigenvalue weighted by Gasteiger charge is -2.15. The standard InChI is InChI=1S/C18H23N7S2/c1-3-5-16-22-8-13(9-23-16)17-25-15(11-27-17)14(19-2)10-26-12-24-18-20-6-4-7-21-18/h8-11H,2-7,12H2,1H3,(H2,20,21,24)/b14-10-. The van der Waals surface area contributed by atoms with Crippen LogP contribution in [0, 0.1) is 0 Å². The fourth-order valence-corrected chi connectivity index (χ4v) is 3.85. The first-order valence-corrected chi connectivity index (χ1v) is 10.8. The second kappa shape index (κ2) is 10.2. The molecule has 1 aliphatic rings. The van der Waals surface area contributed by atoms with Crippen molar-refractivity contribution in [3.05, 3.63) is 34.7 Å². The maximum Gasteiger partial charge on any atom is 0.191 e. The summed E-state index contributed by atoms with van der Waals surface area (Å²) in [4.78, 5) is 22.0. The molecule has 0 bridgehead atoms. The molecule has 0 fully saturated rings. The van der Waals surface area contributed by atoms with Crippen LogP contribution < -0.4 is 10.6 Å². The zero-order chi connectivity index (χ0) is 18.9. The summed E-state index contributed by atoms with van der Waals surface area (Å²) < 4.78 is 0. The summed E-state index contributed by atoms with van der Waals surface area (Å²) in [7, 11) is 0. The molecule has 3 rings (SSSR count). The molecule has 1 aliphatic heterocycles. The highest BCUT2D eigenvalue weighted by molar-refractivity contribution is 8.02. The summed E-state index contributed by atoms with van der Waals surface area (Å²) in [5.74, 6) is 2.43. The van der Waals surface area contributed by atoms with Crippen molar-refractivity contribution in [2.75, 3.05) is 19.0 Å². The summed E-state index contributed by atoms with van der Waals surface area (Å²) in [6.07, 6.45) is 6.69. The number of hydrogen-bond acceptors (Lipinski definition) is 9. The number of aryl methyl sites for hydroxylation is 1. The number of thioether (sulfide) groups is 1. The number of rotatable bonds is 8. The minimum absolute atomic E-state index is 0.703. The molecule has 0 saturated heterocycles. The van der Waals surface area contributed by atoms with Gasteiger partial charge in [-0.05, 0) is 19.6 Å². The van der Waals surface area contributed by atoms with E-state index in [0.29, 0.717) is 5.88 Å². The van der Waals surface area contributed by atoms with Gasteiger partial charge in [-0.3, -0.25) is 9.98 Å². The molecule has 0 radical (unpaired) electrons. The van der Waals surface area contributed by atoms with Crippen LogP contribution in [-0.2, 0) is 6.42 Å². The van der Waals surface area contributed by atoms with E-state index in [-0.39, 0.29) is 0 Å². The van der Waals surface area contributed by atoms with E-state index in [9.17, 15) is 0 Å². The van der Waals surface area contributed by atoms with Crippen molar-refractivity contribution >= 4 is 41.5 Å². The van der Waals surface area contributed by atoms with E-state index in [1.54, 1.807) is 23.1 Å². The van der Waals surface area contributed by atoms with Crippen LogP contribution in [-0.4, -0.2) is 46.6 Å². The highest BCUT2D eigenvalue weighted by Crippen LogP contribution is 2.27. The molecule has 0 spiro atoms. The molecule has 0 unspecified atom stereocenters. The Morgan fingerprint density at radius 2 is 2.30 bits per heavy atom. The number of nitrogens with zero attached hydrogens (tertiary/aromatic N) is 5. The molecule has 2 aromatic rings. The molecule has 0 atom stereocenters. The van der Waals surface area contributed by atoms with Crippen LogP contribution in [0.1, 0.15) is 31.3 Å². The van der Waals surface area contributed by atoms with Gasteiger partial charge in [-0.25, -0.2) is 15.0 Å². The number of hydrogen-bond donors (Lipinski definition) is 2. The first-order valence-electron chi connectivity index (χ1n) is 8.88. The monoisotopic (exact) mass is 401 g/mol. The third-order valence-corrected chi connectivity index (χ3v) is 5.37. The zero-order valence-corrected chi connectivity index (χ0v) is 16.9. The van der Waals surface area contributed by atoms with E-state index in [4.69, 9.17) is 0 Å². The number of aromatic nitrogens is 3. The second-order valence-corrected chi connectivity index (χ2v) is 7.55. The lowest BCUT2D eigenvalue weighted by Crippen LogP contribution is -2.40. The molecule has 2 N–H and O–H groups in total. The molecule has 0 aliphatic carbocycles. The SMILES string of the molecule is C=N/C(=C\SCNC1=NCCCN1)c1csc(-c2cnc(CCC)nc2)n1. The van der Waals surface area contributed by atoms with Crippen LogP contribution in [0.5, 0.6) is 0 Å². The van der Waals surface area contributed by atoms with Gasteiger partial charge < -0.3 is 10.6 Å². The highest BCUT2D eigenvalue weighted by Gasteiger charge is 2.09. The second-order valence-electron chi connectivity index (χ2n) is 5.84. The van der Waals surface area contributed by atoms with Crippen LogP contribution in [0.25, 0.3) is 16.3 Å². The van der Waals surface area contributed by atoms with E-state index < -0.39 is 0 Å². The van der Waals surface area contributed by atoms with Crippen LogP contribution in [0.3, 0.4) is 0 Å². The van der Waals surface area contributed by atoms with E-state index in [1.165, 1.54) is 0 Å². The first-order chi connectivity index (χ1) is 13.3. The lowest BCUT2D eigenvalue weighted by molar-refractivity contribution is 0.718. The fraction of sp³-hybridized carbons (Fsp3) is 0.389. The van der Waals surface area contributed by atoms with Crippen molar-refractivity contribution in [3.8, 4) is 10.6 Å². The summed E-state index contributed by atoms with van der Waals surface area (Å²) in [5, 5.41) is 11.3. The minimum atomic E-state index is 0.703. The third-order valence-electron chi connectivity index (χ3n) is 3.78. The van der Waals surface area contributed by atoms with E-state index in [0.717, 1.165) is 66.1 Å². The van der Waals surface area contributed by atoms with Gasteiger partial charge in [0.25, 0.3) is 0 Å². The predicted molar refractivity (Wildman–Crippen MR) is 115 cm³/mol. The predicted octanol–water partition coefficient (Wildman–Crippen LogP) is 3.18. The normalized spacial score (nSPS) is 14.4. The zero-order valence-electron chi connectivity index (χ0n) is 15.3. The van der Waals surface area contributed by atoms with Crippen LogP contribution in [0.4, 0.5) is 0 Å². The molecule has 27 heavy (non-hydrogen) atoms. The smallest absolute Gasteiger partial charge is 0.191 e. The summed E-state index contributed by atoms with van der Waals surface area (Å²) in [5.41, 5.74) is 2.49. The highest BCUT2D eigenvalue weighted by atomic mass is 32.2. The average molecular weight is 402 g/mol. The lowest BCUT2D eigenvalue weighted by atomic mass is 10.3. The van der Waals surface area contributed by atoms with Crippen molar-refractivity contribution in [3.63, 3.8) is 0 Å². The first kappa shape index (κ1) is 19.5. The maximum absolute atomic E-state index is 4.66. The van der Waals surface area contributed by atoms with Crippen molar-refractivity contribution in [1.82, 2.24) is 25.6 Å². The summed E-state index contributed by atoms with van der Waals surface area (Å²) >= 11 is 3.15. The average Bonchev–Trinajstić information content (AvgIpc) is 3.20. The van der Waals surface area contributed by atoms with E-state index in [2.05, 4.69) is 49.2 Å². The topological polar surface area (TPSA) is 87.5 Å². The Hall–Kier alpha value is -2.26. The summed E-state index contributed by atoms with van der Waals surface area (Å²) in [6, 6.07) is 0. The maximum atomic E-state index is 4.66. The van der Waals surface area contributed by atoms with Crippen LogP contribution >= 0.6 is 23.1 Å². The van der Waals surface area contributed by atoms with Crippen LogP contribution in [0.15, 0.2) is 33.2 Å².